The van der Waals surface area contributed by atoms with Crippen LogP contribution in [-0.4, -0.2) is 4.57 Å². The molecule has 0 radical (unpaired) electrons. The molecule has 0 aliphatic heterocycles. The van der Waals surface area contributed by atoms with Crippen LogP contribution in [-0.2, 0) is 5.41 Å². The van der Waals surface area contributed by atoms with Crippen LogP contribution < -0.4 is 5.32 Å². The zero-order valence-corrected chi connectivity index (χ0v) is 25.4. The average molecular weight is 577 g/mol. The van der Waals surface area contributed by atoms with Gasteiger partial charge < -0.3 is 9.88 Å². The van der Waals surface area contributed by atoms with Crippen molar-refractivity contribution in [3.8, 4) is 27.9 Å². The van der Waals surface area contributed by atoms with Crippen molar-refractivity contribution in [2.45, 2.75) is 19.3 Å². The fraction of sp³-hybridized carbons (Fsp3) is 0.0698. The van der Waals surface area contributed by atoms with Gasteiger partial charge in [0.15, 0.2) is 0 Å². The molecule has 0 unspecified atom stereocenters. The van der Waals surface area contributed by atoms with E-state index in [2.05, 4.69) is 175 Å². The molecule has 1 heterocycles. The van der Waals surface area contributed by atoms with E-state index in [1.807, 2.05) is 0 Å². The van der Waals surface area contributed by atoms with Crippen molar-refractivity contribution in [1.29, 1.82) is 0 Å². The van der Waals surface area contributed by atoms with E-state index in [0.717, 1.165) is 11.4 Å². The van der Waals surface area contributed by atoms with Crippen molar-refractivity contribution < 1.29 is 0 Å². The first-order valence-corrected chi connectivity index (χ1v) is 15.7. The largest absolute Gasteiger partial charge is 0.355 e. The van der Waals surface area contributed by atoms with Crippen molar-refractivity contribution >= 4 is 44.0 Å². The Labute approximate surface area is 263 Å². The highest BCUT2D eigenvalue weighted by atomic mass is 15.0. The van der Waals surface area contributed by atoms with Gasteiger partial charge in [0, 0.05) is 38.8 Å². The fourth-order valence-electron chi connectivity index (χ4n) is 7.61. The van der Waals surface area contributed by atoms with Crippen LogP contribution in [0.2, 0.25) is 0 Å². The molecule has 214 valence electrons. The zero-order chi connectivity index (χ0) is 30.1. The van der Waals surface area contributed by atoms with Gasteiger partial charge in [0.1, 0.15) is 0 Å². The van der Waals surface area contributed by atoms with E-state index in [1.165, 1.54) is 71.6 Å². The van der Waals surface area contributed by atoms with Gasteiger partial charge in [0.2, 0.25) is 0 Å². The molecule has 1 aromatic heterocycles. The molecule has 0 bridgehead atoms. The van der Waals surface area contributed by atoms with E-state index in [0.29, 0.717) is 0 Å². The Bertz CT molecular complexity index is 2430. The summed E-state index contributed by atoms with van der Waals surface area (Å²) in [7, 11) is 0. The normalized spacial score (nSPS) is 13.3. The van der Waals surface area contributed by atoms with Crippen LogP contribution in [0.25, 0.3) is 60.5 Å². The second-order valence-electron chi connectivity index (χ2n) is 12.7. The van der Waals surface area contributed by atoms with Gasteiger partial charge in [-0.3, -0.25) is 0 Å². The topological polar surface area (TPSA) is 17.0 Å². The molecule has 0 amide bonds. The summed E-state index contributed by atoms with van der Waals surface area (Å²) < 4.78 is 2.40. The second kappa shape index (κ2) is 9.70. The van der Waals surface area contributed by atoms with E-state index < -0.39 is 0 Å². The smallest absolute Gasteiger partial charge is 0.0547 e. The van der Waals surface area contributed by atoms with E-state index in [4.69, 9.17) is 0 Å². The van der Waals surface area contributed by atoms with Crippen LogP contribution in [0.15, 0.2) is 152 Å². The molecule has 9 rings (SSSR count). The highest BCUT2D eigenvalue weighted by molar-refractivity contribution is 6.12. The molecule has 1 N–H and O–H groups in total. The predicted molar refractivity (Wildman–Crippen MR) is 191 cm³/mol. The Balaban J connectivity index is 1.24. The van der Waals surface area contributed by atoms with Gasteiger partial charge in [0.05, 0.1) is 11.0 Å². The lowest BCUT2D eigenvalue weighted by Crippen LogP contribution is -2.15. The first-order chi connectivity index (χ1) is 22.1. The van der Waals surface area contributed by atoms with Crippen molar-refractivity contribution in [1.82, 2.24) is 4.57 Å². The number of nitrogens with one attached hydrogen (secondary N) is 1. The first kappa shape index (κ1) is 25.9. The van der Waals surface area contributed by atoms with Gasteiger partial charge in [-0.05, 0) is 81.1 Å². The van der Waals surface area contributed by atoms with Crippen molar-refractivity contribution in [2.24, 2.45) is 0 Å². The van der Waals surface area contributed by atoms with Crippen molar-refractivity contribution in [2.75, 3.05) is 5.32 Å². The van der Waals surface area contributed by atoms with Crippen molar-refractivity contribution in [3.63, 3.8) is 0 Å². The van der Waals surface area contributed by atoms with Crippen LogP contribution in [0, 0.1) is 0 Å². The van der Waals surface area contributed by atoms with Gasteiger partial charge in [-0.25, -0.2) is 0 Å². The third kappa shape index (κ3) is 3.89. The highest BCUT2D eigenvalue weighted by Gasteiger charge is 2.35. The number of fused-ring (bicyclic) bond motifs is 7. The minimum absolute atomic E-state index is 0.0499. The Kier molecular flexibility index (Phi) is 5.58. The number of nitrogens with zero attached hydrogens (tertiary/aromatic N) is 1. The molecular formula is C43H32N2. The Morgan fingerprint density at radius 2 is 1.22 bits per heavy atom. The predicted octanol–water partition coefficient (Wildman–Crippen LogP) is 11.7. The molecule has 0 atom stereocenters. The number of anilines is 2. The Morgan fingerprint density at radius 1 is 0.511 bits per heavy atom. The second-order valence-corrected chi connectivity index (χ2v) is 12.7. The summed E-state index contributed by atoms with van der Waals surface area (Å²) in [5, 5.41) is 8.86. The number of benzene rings is 7. The molecule has 1 aliphatic carbocycles. The molecule has 0 spiro atoms. The Morgan fingerprint density at radius 3 is 2.11 bits per heavy atom. The number of rotatable bonds is 4. The van der Waals surface area contributed by atoms with Gasteiger partial charge in [-0.2, -0.15) is 0 Å². The summed E-state index contributed by atoms with van der Waals surface area (Å²) in [5.74, 6) is 0. The van der Waals surface area contributed by atoms with E-state index in [-0.39, 0.29) is 5.41 Å². The van der Waals surface area contributed by atoms with E-state index in [1.54, 1.807) is 0 Å². The molecule has 0 fully saturated rings. The lowest BCUT2D eigenvalue weighted by atomic mass is 9.82. The Hall–Kier alpha value is -5.60. The summed E-state index contributed by atoms with van der Waals surface area (Å²) in [6, 6.07) is 55.2. The molecule has 7 aromatic carbocycles. The molecule has 0 saturated heterocycles. The van der Waals surface area contributed by atoms with Crippen LogP contribution in [0.4, 0.5) is 11.4 Å². The van der Waals surface area contributed by atoms with Gasteiger partial charge >= 0.3 is 0 Å². The number of aromatic nitrogens is 1. The third-order valence-corrected chi connectivity index (χ3v) is 9.77. The van der Waals surface area contributed by atoms with Crippen LogP contribution in [0.5, 0.6) is 0 Å². The quantitative estimate of drug-likeness (QED) is 0.220. The molecule has 8 aromatic rings. The minimum Gasteiger partial charge on any atom is -0.355 e. The third-order valence-electron chi connectivity index (χ3n) is 9.77. The zero-order valence-electron chi connectivity index (χ0n) is 25.4. The first-order valence-electron chi connectivity index (χ1n) is 15.7. The molecular weight excluding hydrogens is 544 g/mol. The molecule has 2 nitrogen and oxygen atoms in total. The van der Waals surface area contributed by atoms with Crippen LogP contribution in [0.1, 0.15) is 25.0 Å². The van der Waals surface area contributed by atoms with E-state index in [9.17, 15) is 0 Å². The summed E-state index contributed by atoms with van der Waals surface area (Å²) in [5.41, 5.74) is 13.6. The molecule has 1 aliphatic rings. The van der Waals surface area contributed by atoms with Crippen LogP contribution >= 0.6 is 0 Å². The monoisotopic (exact) mass is 576 g/mol. The van der Waals surface area contributed by atoms with E-state index >= 15 is 0 Å². The molecule has 0 saturated carbocycles. The maximum absolute atomic E-state index is 3.87. The summed E-state index contributed by atoms with van der Waals surface area (Å²) >= 11 is 0. The van der Waals surface area contributed by atoms with Gasteiger partial charge in [0.25, 0.3) is 0 Å². The molecule has 45 heavy (non-hydrogen) atoms. The number of hydrogen-bond acceptors (Lipinski definition) is 1. The summed E-state index contributed by atoms with van der Waals surface area (Å²) in [6.07, 6.45) is 0. The molecule has 2 heteroatoms. The summed E-state index contributed by atoms with van der Waals surface area (Å²) in [6.45, 7) is 4.67. The number of para-hydroxylation sites is 2. The average Bonchev–Trinajstić information content (AvgIpc) is 3.53. The van der Waals surface area contributed by atoms with Crippen molar-refractivity contribution in [3.05, 3.63) is 163 Å². The summed E-state index contributed by atoms with van der Waals surface area (Å²) in [4.78, 5) is 0. The minimum atomic E-state index is -0.0499. The highest BCUT2D eigenvalue weighted by Crippen LogP contribution is 2.50. The van der Waals surface area contributed by atoms with Crippen LogP contribution in [0.3, 0.4) is 0 Å². The number of hydrogen-bond donors (Lipinski definition) is 1. The maximum Gasteiger partial charge on any atom is 0.0547 e. The lowest BCUT2D eigenvalue weighted by molar-refractivity contribution is 0.660. The SMILES string of the molecule is CC1(C)c2ccccc2-c2ccc(Nc3ccc4ccccc4c3-c3ccc4c5ccccc5n(-c5ccccc5)c4c3)cc21. The lowest BCUT2D eigenvalue weighted by Gasteiger charge is -2.22. The van der Waals surface area contributed by atoms with Gasteiger partial charge in [-0.1, -0.05) is 123 Å². The van der Waals surface area contributed by atoms with Gasteiger partial charge in [-0.15, -0.1) is 0 Å². The fourth-order valence-corrected chi connectivity index (χ4v) is 7.61. The standard InChI is InChI=1S/C43H32N2/c1-43(2)37-18-10-8-16-33(37)34-24-22-30(27-38(34)43)44-39-25-21-28-12-6-7-15-32(28)42(39)29-20-23-36-35-17-9-11-19-40(35)45(41(36)26-29)31-13-4-3-5-14-31/h3-27,44H,1-2H3. The maximum atomic E-state index is 3.87.